The molecule has 0 unspecified atom stereocenters. The van der Waals surface area contributed by atoms with Crippen molar-refractivity contribution >= 4 is 28.4 Å². The molecule has 3 rings (SSSR count). The fourth-order valence-electron chi connectivity index (χ4n) is 2.45. The van der Waals surface area contributed by atoms with E-state index >= 15 is 0 Å². The van der Waals surface area contributed by atoms with Crippen LogP contribution < -0.4 is 9.47 Å². The van der Waals surface area contributed by atoms with Crippen molar-refractivity contribution in [2.45, 2.75) is 6.92 Å². The number of methoxy groups -OCH3 is 1. The molecule has 2 aromatic carbocycles. The van der Waals surface area contributed by atoms with E-state index in [4.69, 9.17) is 25.5 Å². The molecule has 0 N–H and O–H groups in total. The van der Waals surface area contributed by atoms with Crippen LogP contribution in [0.3, 0.4) is 0 Å². The highest BCUT2D eigenvalue weighted by Crippen LogP contribution is 2.31. The number of nitro benzene ring substituents is 1. The molecule has 0 saturated heterocycles. The molecule has 0 bridgehead atoms. The summed E-state index contributed by atoms with van der Waals surface area (Å²) >= 11 is 6.31. The maximum absolute atomic E-state index is 10.9. The summed E-state index contributed by atoms with van der Waals surface area (Å²) in [5.41, 5.74) is 1.12. The molecule has 0 radical (unpaired) electrons. The number of hydrogen-bond donors (Lipinski definition) is 0. The normalized spacial score (nSPS) is 11.3. The Morgan fingerprint density at radius 3 is 2.79 bits per heavy atom. The van der Waals surface area contributed by atoms with Gasteiger partial charge in [0, 0.05) is 17.7 Å². The Morgan fingerprint density at radius 1 is 1.25 bits per heavy atom. The largest absolute Gasteiger partial charge is 0.493 e. The summed E-state index contributed by atoms with van der Waals surface area (Å²) in [6.07, 6.45) is 1.65. The van der Waals surface area contributed by atoms with Crippen molar-refractivity contribution in [1.29, 1.82) is 0 Å². The quantitative estimate of drug-likeness (QED) is 0.414. The number of hydrogen-bond acceptors (Lipinski definition) is 7. The Balaban J connectivity index is 1.88. The van der Waals surface area contributed by atoms with E-state index in [-0.39, 0.29) is 22.5 Å². The number of aromatic nitrogens is 2. The van der Waals surface area contributed by atoms with E-state index in [0.717, 1.165) is 5.56 Å². The Kier molecular flexibility index (Phi) is 5.90. The third-order valence-corrected chi connectivity index (χ3v) is 3.98. The second-order valence-corrected chi connectivity index (χ2v) is 5.96. The van der Waals surface area contributed by atoms with E-state index in [1.165, 1.54) is 12.1 Å². The van der Waals surface area contributed by atoms with Crippen molar-refractivity contribution in [3.05, 3.63) is 64.0 Å². The minimum Gasteiger partial charge on any atom is -0.493 e. The number of benzene rings is 2. The molecule has 1 heterocycles. The van der Waals surface area contributed by atoms with Crippen LogP contribution in [0.5, 0.6) is 11.5 Å². The van der Waals surface area contributed by atoms with Gasteiger partial charge in [0.05, 0.1) is 18.6 Å². The lowest BCUT2D eigenvalue weighted by Gasteiger charge is -2.09. The molecular weight excluding hydrogens is 386 g/mol. The molecule has 0 aliphatic heterocycles. The molecule has 0 spiro atoms. The molecule has 0 saturated carbocycles. The third kappa shape index (κ3) is 4.29. The van der Waals surface area contributed by atoms with Gasteiger partial charge < -0.3 is 13.9 Å². The molecule has 1 aromatic heterocycles. The van der Waals surface area contributed by atoms with Crippen LogP contribution in [0.15, 0.2) is 46.9 Å². The molecule has 0 aliphatic rings. The Bertz CT molecular complexity index is 1030. The molecule has 9 heteroatoms. The Labute approximate surface area is 165 Å². The summed E-state index contributed by atoms with van der Waals surface area (Å²) in [7, 11) is 1.56. The average molecular weight is 402 g/mol. The van der Waals surface area contributed by atoms with E-state index < -0.39 is 4.92 Å². The summed E-state index contributed by atoms with van der Waals surface area (Å²) < 4.78 is 16.4. The van der Waals surface area contributed by atoms with Gasteiger partial charge in [0.25, 0.3) is 11.6 Å². The second-order valence-electron chi connectivity index (χ2n) is 5.56. The van der Waals surface area contributed by atoms with Crippen molar-refractivity contribution in [2.24, 2.45) is 0 Å². The first kappa shape index (κ1) is 19.4. The first-order chi connectivity index (χ1) is 13.5. The molecule has 0 aliphatic carbocycles. The lowest BCUT2D eigenvalue weighted by molar-refractivity contribution is -0.384. The lowest BCUT2D eigenvalue weighted by Crippen LogP contribution is -1.95. The lowest BCUT2D eigenvalue weighted by atomic mass is 10.2. The third-order valence-electron chi connectivity index (χ3n) is 3.71. The molecular formula is C19H16ClN3O5. The molecule has 8 nitrogen and oxygen atoms in total. The molecule has 144 valence electrons. The number of rotatable bonds is 7. The Morgan fingerprint density at radius 2 is 2.07 bits per heavy atom. The van der Waals surface area contributed by atoms with Crippen LogP contribution in [0.1, 0.15) is 18.4 Å². The van der Waals surface area contributed by atoms with Gasteiger partial charge in [-0.15, -0.1) is 10.2 Å². The van der Waals surface area contributed by atoms with Gasteiger partial charge in [-0.1, -0.05) is 23.7 Å². The molecule has 0 amide bonds. The number of non-ortho nitro benzene ring substituents is 1. The van der Waals surface area contributed by atoms with E-state index in [0.29, 0.717) is 23.7 Å². The molecule has 3 aromatic rings. The van der Waals surface area contributed by atoms with Crippen LogP contribution in [0.25, 0.3) is 22.6 Å². The van der Waals surface area contributed by atoms with E-state index in [9.17, 15) is 10.1 Å². The highest BCUT2D eigenvalue weighted by Gasteiger charge is 2.15. The topological polar surface area (TPSA) is 101 Å². The van der Waals surface area contributed by atoms with Crippen LogP contribution in [0.2, 0.25) is 0 Å². The van der Waals surface area contributed by atoms with Gasteiger partial charge in [-0.3, -0.25) is 10.1 Å². The fraction of sp³-hybridized carbons (Fsp3) is 0.158. The zero-order valence-corrected chi connectivity index (χ0v) is 15.8. The monoisotopic (exact) mass is 401 g/mol. The highest BCUT2D eigenvalue weighted by molar-refractivity contribution is 6.50. The van der Waals surface area contributed by atoms with Crippen molar-refractivity contribution in [3.8, 4) is 23.0 Å². The van der Waals surface area contributed by atoms with Gasteiger partial charge in [-0.05, 0) is 36.8 Å². The Hall–Kier alpha value is -3.39. The first-order valence-electron chi connectivity index (χ1n) is 8.28. The molecule has 28 heavy (non-hydrogen) atoms. The summed E-state index contributed by atoms with van der Waals surface area (Å²) in [6, 6.07) is 11.3. The van der Waals surface area contributed by atoms with Gasteiger partial charge >= 0.3 is 0 Å². The number of ether oxygens (including phenoxy) is 2. The van der Waals surface area contributed by atoms with E-state index in [1.807, 2.05) is 13.0 Å². The van der Waals surface area contributed by atoms with Crippen LogP contribution in [-0.2, 0) is 0 Å². The van der Waals surface area contributed by atoms with Crippen LogP contribution in [-0.4, -0.2) is 28.8 Å². The SMILES string of the molecule is CCOc1cc(/C=C(\Cl)c2nnc(-c3cccc([N+](=O)[O-])c3)o2)ccc1OC. The van der Waals surface area contributed by atoms with Gasteiger partial charge in [0.1, 0.15) is 5.03 Å². The van der Waals surface area contributed by atoms with Gasteiger partial charge in [-0.25, -0.2) is 0 Å². The van der Waals surface area contributed by atoms with Crippen LogP contribution in [0, 0.1) is 10.1 Å². The maximum Gasteiger partial charge on any atom is 0.270 e. The number of halogens is 1. The van der Waals surface area contributed by atoms with Crippen molar-refractivity contribution < 1.29 is 18.8 Å². The first-order valence-corrected chi connectivity index (χ1v) is 8.66. The maximum atomic E-state index is 10.9. The van der Waals surface area contributed by atoms with Crippen molar-refractivity contribution in [1.82, 2.24) is 10.2 Å². The predicted octanol–water partition coefficient (Wildman–Crippen LogP) is 4.79. The minimum atomic E-state index is -0.493. The van der Waals surface area contributed by atoms with Gasteiger partial charge in [-0.2, -0.15) is 0 Å². The van der Waals surface area contributed by atoms with Crippen molar-refractivity contribution in [2.75, 3.05) is 13.7 Å². The van der Waals surface area contributed by atoms with Crippen molar-refractivity contribution in [3.63, 3.8) is 0 Å². The highest BCUT2D eigenvalue weighted by atomic mass is 35.5. The zero-order valence-electron chi connectivity index (χ0n) is 15.1. The zero-order chi connectivity index (χ0) is 20.1. The average Bonchev–Trinajstić information content (AvgIpc) is 3.19. The van der Waals surface area contributed by atoms with Gasteiger partial charge in [0.2, 0.25) is 5.89 Å². The summed E-state index contributed by atoms with van der Waals surface area (Å²) in [5, 5.41) is 19.0. The number of nitrogens with zero attached hydrogens (tertiary/aromatic N) is 3. The minimum absolute atomic E-state index is 0.0689. The van der Waals surface area contributed by atoms with Crippen LogP contribution in [0.4, 0.5) is 5.69 Å². The van der Waals surface area contributed by atoms with Crippen LogP contribution >= 0.6 is 11.6 Å². The summed E-state index contributed by atoms with van der Waals surface area (Å²) in [5.74, 6) is 1.43. The predicted molar refractivity (Wildman–Crippen MR) is 104 cm³/mol. The molecule has 0 atom stereocenters. The molecule has 0 fully saturated rings. The smallest absolute Gasteiger partial charge is 0.270 e. The standard InChI is InChI=1S/C19H16ClN3O5/c1-3-27-17-10-12(7-8-16(17)26-2)9-15(20)19-22-21-18(28-19)13-5-4-6-14(11-13)23(24)25/h4-11H,3H2,1-2H3/b15-9-. The van der Waals surface area contributed by atoms with E-state index in [1.54, 1.807) is 37.5 Å². The van der Waals surface area contributed by atoms with E-state index in [2.05, 4.69) is 10.2 Å². The second kappa shape index (κ2) is 8.53. The summed E-state index contributed by atoms with van der Waals surface area (Å²) in [4.78, 5) is 10.4. The number of nitro groups is 1. The van der Waals surface area contributed by atoms with Gasteiger partial charge in [0.15, 0.2) is 11.5 Å². The summed E-state index contributed by atoms with van der Waals surface area (Å²) in [6.45, 7) is 2.37. The fourth-order valence-corrected chi connectivity index (χ4v) is 2.65.